The van der Waals surface area contributed by atoms with Gasteiger partial charge in [-0.2, -0.15) is 0 Å². The van der Waals surface area contributed by atoms with Gasteiger partial charge < -0.3 is 14.7 Å². The lowest BCUT2D eigenvalue weighted by molar-refractivity contribution is -0.144. The average Bonchev–Trinajstić information content (AvgIpc) is 2.55. The van der Waals surface area contributed by atoms with Crippen molar-refractivity contribution >= 4 is 11.9 Å². The van der Waals surface area contributed by atoms with E-state index in [0.717, 1.165) is 24.9 Å². The normalized spacial score (nSPS) is 19.7. The minimum atomic E-state index is -0.775. The van der Waals surface area contributed by atoms with Crippen molar-refractivity contribution in [2.24, 2.45) is 5.92 Å². The summed E-state index contributed by atoms with van der Waals surface area (Å²) in [7, 11) is 1.54. The lowest BCUT2D eigenvalue weighted by atomic mass is 9.93. The van der Waals surface area contributed by atoms with Crippen LogP contribution in [0, 0.1) is 5.92 Å². The smallest absolute Gasteiger partial charge is 0.303 e. The fourth-order valence-electron chi connectivity index (χ4n) is 3.00. The van der Waals surface area contributed by atoms with E-state index in [1.807, 2.05) is 35.2 Å². The maximum atomic E-state index is 12.7. The van der Waals surface area contributed by atoms with Gasteiger partial charge in [0.05, 0.1) is 0 Å². The Bertz CT molecular complexity index is 503. The van der Waals surface area contributed by atoms with Crippen LogP contribution in [0.3, 0.4) is 0 Å². The molecule has 1 aliphatic heterocycles. The van der Waals surface area contributed by atoms with Gasteiger partial charge in [0.1, 0.15) is 0 Å². The summed E-state index contributed by atoms with van der Waals surface area (Å²) in [5.41, 5.74) is 0.850. The number of aliphatic carboxylic acids is 1. The van der Waals surface area contributed by atoms with Crippen LogP contribution >= 0.6 is 0 Å². The van der Waals surface area contributed by atoms with E-state index in [1.165, 1.54) is 0 Å². The standard InChI is InChI=1S/C17H23NO4/c1-22-16(14-7-3-2-4-8-14)17(21)18-11-5-6-13(12-18)9-10-15(19)20/h2-4,7-8,13,16H,5-6,9-12H2,1H3,(H,19,20)/t13-,16+/m1/s1. The van der Waals surface area contributed by atoms with Crippen molar-refractivity contribution in [3.05, 3.63) is 35.9 Å². The molecular formula is C17H23NO4. The summed E-state index contributed by atoms with van der Waals surface area (Å²) >= 11 is 0. The zero-order valence-corrected chi connectivity index (χ0v) is 12.9. The molecule has 0 saturated carbocycles. The van der Waals surface area contributed by atoms with Crippen molar-refractivity contribution in [1.82, 2.24) is 4.90 Å². The highest BCUT2D eigenvalue weighted by Gasteiger charge is 2.29. The molecule has 22 heavy (non-hydrogen) atoms. The number of methoxy groups -OCH3 is 1. The predicted molar refractivity (Wildman–Crippen MR) is 82.4 cm³/mol. The van der Waals surface area contributed by atoms with Crippen LogP contribution in [0.5, 0.6) is 0 Å². The average molecular weight is 305 g/mol. The monoisotopic (exact) mass is 305 g/mol. The number of carboxylic acids is 1. The number of likely N-dealkylation sites (tertiary alicyclic amines) is 1. The van der Waals surface area contributed by atoms with Crippen molar-refractivity contribution < 1.29 is 19.4 Å². The highest BCUT2D eigenvalue weighted by Crippen LogP contribution is 2.25. The lowest BCUT2D eigenvalue weighted by Gasteiger charge is -2.34. The second kappa shape index (κ2) is 7.94. The van der Waals surface area contributed by atoms with Crippen LogP contribution in [-0.4, -0.2) is 42.1 Å². The number of benzene rings is 1. The van der Waals surface area contributed by atoms with Gasteiger partial charge in [0.2, 0.25) is 0 Å². The van der Waals surface area contributed by atoms with Gasteiger partial charge in [0, 0.05) is 26.6 Å². The molecule has 0 aliphatic carbocycles. The van der Waals surface area contributed by atoms with Crippen LogP contribution in [0.2, 0.25) is 0 Å². The molecule has 1 aromatic rings. The fraction of sp³-hybridized carbons (Fsp3) is 0.529. The molecule has 120 valence electrons. The Morgan fingerprint density at radius 1 is 1.36 bits per heavy atom. The van der Waals surface area contributed by atoms with Crippen LogP contribution in [0.15, 0.2) is 30.3 Å². The number of carbonyl (C=O) groups is 2. The molecule has 1 saturated heterocycles. The molecule has 0 radical (unpaired) electrons. The highest BCUT2D eigenvalue weighted by atomic mass is 16.5. The first-order valence-electron chi connectivity index (χ1n) is 7.70. The molecule has 1 aliphatic rings. The van der Waals surface area contributed by atoms with E-state index in [2.05, 4.69) is 0 Å². The topological polar surface area (TPSA) is 66.8 Å². The Kier molecular flexibility index (Phi) is 5.95. The van der Waals surface area contributed by atoms with Crippen LogP contribution in [0.25, 0.3) is 0 Å². The van der Waals surface area contributed by atoms with Crippen LogP contribution < -0.4 is 0 Å². The Labute approximate surface area is 130 Å². The number of carboxylic acid groups (broad SMARTS) is 1. The number of carbonyl (C=O) groups excluding carboxylic acids is 1. The van der Waals surface area contributed by atoms with Crippen molar-refractivity contribution in [3.63, 3.8) is 0 Å². The Balaban J connectivity index is 1.99. The van der Waals surface area contributed by atoms with Gasteiger partial charge in [-0.05, 0) is 30.7 Å². The molecule has 0 unspecified atom stereocenters. The third-order valence-corrected chi connectivity index (χ3v) is 4.16. The van der Waals surface area contributed by atoms with Crippen molar-refractivity contribution in [1.29, 1.82) is 0 Å². The van der Waals surface area contributed by atoms with Crippen LogP contribution in [0.1, 0.15) is 37.4 Å². The Hall–Kier alpha value is -1.88. The lowest BCUT2D eigenvalue weighted by Crippen LogP contribution is -2.42. The van der Waals surface area contributed by atoms with Gasteiger partial charge >= 0.3 is 5.97 Å². The molecule has 5 heteroatoms. The number of nitrogens with zero attached hydrogens (tertiary/aromatic N) is 1. The quantitative estimate of drug-likeness (QED) is 0.877. The van der Waals surface area contributed by atoms with E-state index in [4.69, 9.17) is 9.84 Å². The molecule has 5 nitrogen and oxygen atoms in total. The Morgan fingerprint density at radius 2 is 2.09 bits per heavy atom. The first kappa shape index (κ1) is 16.5. The Morgan fingerprint density at radius 3 is 2.73 bits per heavy atom. The first-order chi connectivity index (χ1) is 10.6. The maximum Gasteiger partial charge on any atom is 0.303 e. The molecule has 0 aromatic heterocycles. The van der Waals surface area contributed by atoms with E-state index >= 15 is 0 Å². The largest absolute Gasteiger partial charge is 0.481 e. The number of piperidine rings is 1. The molecular weight excluding hydrogens is 282 g/mol. The zero-order valence-electron chi connectivity index (χ0n) is 12.9. The number of rotatable bonds is 6. The van der Waals surface area contributed by atoms with Gasteiger partial charge in [-0.25, -0.2) is 0 Å². The van der Waals surface area contributed by atoms with Gasteiger partial charge in [-0.3, -0.25) is 9.59 Å². The minimum absolute atomic E-state index is 0.0336. The number of hydrogen-bond donors (Lipinski definition) is 1. The summed E-state index contributed by atoms with van der Waals surface area (Å²) in [4.78, 5) is 25.2. The number of amides is 1. The SMILES string of the molecule is CO[C@H](C(=O)N1CCC[C@H](CCC(=O)O)C1)c1ccccc1. The second-order valence-electron chi connectivity index (χ2n) is 5.75. The van der Waals surface area contributed by atoms with Gasteiger partial charge in [0.15, 0.2) is 6.10 Å². The highest BCUT2D eigenvalue weighted by molar-refractivity contribution is 5.82. The van der Waals surface area contributed by atoms with Crippen LogP contribution in [0.4, 0.5) is 0 Å². The second-order valence-corrected chi connectivity index (χ2v) is 5.75. The maximum absolute atomic E-state index is 12.7. The van der Waals surface area contributed by atoms with Gasteiger partial charge in [-0.1, -0.05) is 30.3 Å². The zero-order chi connectivity index (χ0) is 15.9. The van der Waals surface area contributed by atoms with E-state index in [-0.39, 0.29) is 18.2 Å². The fourth-order valence-corrected chi connectivity index (χ4v) is 3.00. The molecule has 2 rings (SSSR count). The molecule has 1 aromatic carbocycles. The third kappa shape index (κ3) is 4.31. The van der Waals surface area contributed by atoms with Gasteiger partial charge in [0.25, 0.3) is 5.91 Å². The van der Waals surface area contributed by atoms with E-state index < -0.39 is 12.1 Å². The number of hydrogen-bond acceptors (Lipinski definition) is 3. The molecule has 0 spiro atoms. The molecule has 0 bridgehead atoms. The van der Waals surface area contributed by atoms with Crippen LogP contribution in [-0.2, 0) is 14.3 Å². The summed E-state index contributed by atoms with van der Waals surface area (Å²) in [5, 5.41) is 8.79. The van der Waals surface area contributed by atoms with Crippen molar-refractivity contribution in [2.45, 2.75) is 31.8 Å². The van der Waals surface area contributed by atoms with E-state index in [1.54, 1.807) is 7.11 Å². The summed E-state index contributed by atoms with van der Waals surface area (Å²) in [6.07, 6.45) is 2.11. The summed E-state index contributed by atoms with van der Waals surface area (Å²) in [5.74, 6) is -0.543. The third-order valence-electron chi connectivity index (χ3n) is 4.16. The summed E-state index contributed by atoms with van der Waals surface area (Å²) < 4.78 is 5.40. The van der Waals surface area contributed by atoms with E-state index in [0.29, 0.717) is 13.0 Å². The molecule has 1 fully saturated rings. The van der Waals surface area contributed by atoms with Gasteiger partial charge in [-0.15, -0.1) is 0 Å². The molecule has 1 amide bonds. The number of ether oxygens (including phenoxy) is 1. The first-order valence-corrected chi connectivity index (χ1v) is 7.70. The minimum Gasteiger partial charge on any atom is -0.481 e. The molecule has 1 N–H and O–H groups in total. The van der Waals surface area contributed by atoms with Crippen molar-refractivity contribution in [2.75, 3.05) is 20.2 Å². The van der Waals surface area contributed by atoms with Crippen molar-refractivity contribution in [3.8, 4) is 0 Å². The molecule has 1 heterocycles. The predicted octanol–water partition coefficient (Wildman–Crippen LogP) is 2.48. The summed E-state index contributed by atoms with van der Waals surface area (Å²) in [6, 6.07) is 9.46. The van der Waals surface area contributed by atoms with E-state index in [9.17, 15) is 9.59 Å². The molecule has 2 atom stereocenters. The summed E-state index contributed by atoms with van der Waals surface area (Å²) in [6.45, 7) is 1.34.